The van der Waals surface area contributed by atoms with Crippen molar-refractivity contribution < 1.29 is 14.7 Å². The Balaban J connectivity index is 1.45. The van der Waals surface area contributed by atoms with Crippen LogP contribution < -0.4 is 20.5 Å². The molecule has 2 aliphatic heterocycles. The van der Waals surface area contributed by atoms with Gasteiger partial charge in [-0.05, 0) is 79.8 Å². The highest BCUT2D eigenvalue weighted by Crippen LogP contribution is 2.29. The first-order valence-electron chi connectivity index (χ1n) is 16.4. The highest BCUT2D eigenvalue weighted by molar-refractivity contribution is 6.65. The van der Waals surface area contributed by atoms with Crippen LogP contribution in [0.3, 0.4) is 0 Å². The van der Waals surface area contributed by atoms with Crippen LogP contribution >= 0.6 is 0 Å². The van der Waals surface area contributed by atoms with Crippen molar-refractivity contribution in [2.45, 2.75) is 65.2 Å². The summed E-state index contributed by atoms with van der Waals surface area (Å²) in [5.41, 5.74) is 5.17. The molecule has 0 aliphatic carbocycles. The molecule has 0 unspecified atom stereocenters. The van der Waals surface area contributed by atoms with Gasteiger partial charge < -0.3 is 10.0 Å². The smallest absolute Gasteiger partial charge is 0.357 e. The summed E-state index contributed by atoms with van der Waals surface area (Å²) in [5.74, 6) is -1.76. The highest BCUT2D eigenvalue weighted by atomic mass is 16.4. The first-order valence-corrected chi connectivity index (χ1v) is 16.4. The van der Waals surface area contributed by atoms with Gasteiger partial charge >= 0.3 is 5.97 Å². The van der Waals surface area contributed by atoms with Crippen molar-refractivity contribution in [3.63, 3.8) is 0 Å². The molecule has 0 atom stereocenters. The lowest BCUT2D eigenvalue weighted by molar-refractivity contribution is -0.129. The molecular formula is C38H41N5O3. The Kier molecular flexibility index (Phi) is 9.43. The molecule has 0 fully saturated rings. The van der Waals surface area contributed by atoms with Gasteiger partial charge in [0.25, 0.3) is 5.91 Å². The SMILES string of the molecule is CCCCCCCCN1CCCc2cc(C=c3c(=C4C(=O)N(c5ccccc5)N=C4C(=O)O)c(C)nn3-c3ccccc3)ccc21. The molecular weight excluding hydrogens is 574 g/mol. The summed E-state index contributed by atoms with van der Waals surface area (Å²) in [7, 11) is 0. The van der Waals surface area contributed by atoms with Gasteiger partial charge in [-0.15, -0.1) is 0 Å². The number of nitrogens with zero attached hydrogens (tertiary/aromatic N) is 5. The number of benzene rings is 3. The number of hydrazone groups is 1. The van der Waals surface area contributed by atoms with Gasteiger partial charge in [0.1, 0.15) is 0 Å². The number of aromatic nitrogens is 2. The predicted molar refractivity (Wildman–Crippen MR) is 184 cm³/mol. The van der Waals surface area contributed by atoms with E-state index in [0.717, 1.165) is 37.2 Å². The summed E-state index contributed by atoms with van der Waals surface area (Å²) in [4.78, 5) is 29.0. The van der Waals surface area contributed by atoms with E-state index in [1.54, 1.807) is 28.9 Å². The first-order chi connectivity index (χ1) is 22.5. The number of carboxylic acids is 1. The molecule has 3 heterocycles. The van der Waals surface area contributed by atoms with Crippen LogP contribution in [0.15, 0.2) is 84.0 Å². The minimum absolute atomic E-state index is 0.0327. The van der Waals surface area contributed by atoms with E-state index in [4.69, 9.17) is 5.10 Å². The number of unbranched alkanes of at least 4 members (excludes halogenated alkanes) is 5. The number of anilines is 2. The Morgan fingerprint density at radius 1 is 0.913 bits per heavy atom. The zero-order chi connectivity index (χ0) is 32.0. The zero-order valence-corrected chi connectivity index (χ0v) is 26.7. The summed E-state index contributed by atoms with van der Waals surface area (Å²) in [6.07, 6.45) is 11.8. The van der Waals surface area contributed by atoms with Crippen molar-refractivity contribution in [2.75, 3.05) is 23.0 Å². The lowest BCUT2D eigenvalue weighted by atomic mass is 9.98. The van der Waals surface area contributed by atoms with Crippen LogP contribution in [0.25, 0.3) is 17.3 Å². The molecule has 1 amide bonds. The third kappa shape index (κ3) is 6.38. The fraction of sp³-hybridized carbons (Fsp3) is 0.316. The standard InChI is InChI=1S/C38H41N5O3/c1-3-4-5-6-7-14-23-41-24-15-16-29-25-28(21-22-32(29)41)26-33-34(27(2)39-42(33)30-17-10-8-11-18-30)35-36(38(45)46)40-43(37(35)44)31-19-12-9-13-20-31/h8-13,17-22,25-26H,3-7,14-16,23-24H2,1-2H3,(H,45,46). The minimum atomic E-state index is -1.26. The van der Waals surface area contributed by atoms with Crippen molar-refractivity contribution >= 4 is 40.6 Å². The second kappa shape index (κ2) is 14.0. The molecule has 8 heteroatoms. The second-order valence-corrected chi connectivity index (χ2v) is 12.1. The third-order valence-corrected chi connectivity index (χ3v) is 8.80. The van der Waals surface area contributed by atoms with Gasteiger partial charge in [-0.3, -0.25) is 4.79 Å². The van der Waals surface area contributed by atoms with Gasteiger partial charge in [-0.1, -0.05) is 81.5 Å². The predicted octanol–water partition coefficient (Wildman–Crippen LogP) is 5.76. The van der Waals surface area contributed by atoms with Gasteiger partial charge in [0.15, 0.2) is 5.71 Å². The van der Waals surface area contributed by atoms with Crippen molar-refractivity contribution in [3.05, 3.63) is 106 Å². The quantitative estimate of drug-likeness (QED) is 0.217. The molecule has 0 spiro atoms. The van der Waals surface area contributed by atoms with Gasteiger partial charge in [0.05, 0.1) is 28.0 Å². The number of para-hydroxylation sites is 2. The average Bonchev–Trinajstić information content (AvgIpc) is 3.58. The zero-order valence-electron chi connectivity index (χ0n) is 26.7. The van der Waals surface area contributed by atoms with E-state index in [1.807, 2.05) is 49.4 Å². The van der Waals surface area contributed by atoms with E-state index in [0.29, 0.717) is 21.9 Å². The number of rotatable bonds is 11. The Hall–Kier alpha value is -4.98. The van der Waals surface area contributed by atoms with E-state index < -0.39 is 11.9 Å². The average molecular weight is 616 g/mol. The number of amides is 1. The Morgan fingerprint density at radius 2 is 1.61 bits per heavy atom. The van der Waals surface area contributed by atoms with E-state index in [9.17, 15) is 14.7 Å². The second-order valence-electron chi connectivity index (χ2n) is 12.1. The van der Waals surface area contributed by atoms with Crippen molar-refractivity contribution in [1.29, 1.82) is 0 Å². The molecule has 3 aromatic carbocycles. The normalized spacial score (nSPS) is 16.2. The highest BCUT2D eigenvalue weighted by Gasteiger charge is 2.37. The fourth-order valence-electron chi connectivity index (χ4n) is 6.53. The maximum absolute atomic E-state index is 14.0. The molecule has 0 saturated heterocycles. The Labute approximate surface area is 270 Å². The van der Waals surface area contributed by atoms with Crippen LogP contribution in [0, 0.1) is 6.92 Å². The molecule has 6 rings (SSSR count). The minimum Gasteiger partial charge on any atom is -0.476 e. The van der Waals surface area contributed by atoms with Crippen LogP contribution in [0.1, 0.15) is 68.7 Å². The van der Waals surface area contributed by atoms with Gasteiger partial charge in [0.2, 0.25) is 0 Å². The van der Waals surface area contributed by atoms with Gasteiger partial charge in [-0.2, -0.15) is 15.2 Å². The van der Waals surface area contributed by atoms with Crippen molar-refractivity contribution in [3.8, 4) is 5.69 Å². The lowest BCUT2D eigenvalue weighted by Gasteiger charge is -2.31. The van der Waals surface area contributed by atoms with E-state index >= 15 is 0 Å². The number of fused-ring (bicyclic) bond motifs is 1. The third-order valence-electron chi connectivity index (χ3n) is 8.80. The number of carboxylic acid groups (broad SMARTS) is 1. The number of aliphatic carboxylic acids is 1. The van der Waals surface area contributed by atoms with Crippen LogP contribution in [-0.2, 0) is 16.0 Å². The molecule has 1 aromatic heterocycles. The van der Waals surface area contributed by atoms with E-state index in [-0.39, 0.29) is 11.3 Å². The molecule has 236 valence electrons. The fourth-order valence-corrected chi connectivity index (χ4v) is 6.53. The Morgan fingerprint density at radius 3 is 2.33 bits per heavy atom. The van der Waals surface area contributed by atoms with Gasteiger partial charge in [0, 0.05) is 24.0 Å². The van der Waals surface area contributed by atoms with Crippen LogP contribution in [0.2, 0.25) is 0 Å². The Bertz CT molecular complexity index is 1880. The lowest BCUT2D eigenvalue weighted by Crippen LogP contribution is -2.37. The number of carbonyl (C=O) groups is 2. The molecule has 0 bridgehead atoms. The number of hydrogen-bond acceptors (Lipinski definition) is 5. The summed E-state index contributed by atoms with van der Waals surface area (Å²) in [5, 5.41) is 21.6. The monoisotopic (exact) mass is 615 g/mol. The largest absolute Gasteiger partial charge is 0.476 e. The van der Waals surface area contributed by atoms with Crippen molar-refractivity contribution in [1.82, 2.24) is 9.78 Å². The maximum atomic E-state index is 14.0. The number of carbonyl (C=O) groups excluding carboxylic acids is 1. The summed E-state index contributed by atoms with van der Waals surface area (Å²) >= 11 is 0. The van der Waals surface area contributed by atoms with Crippen molar-refractivity contribution in [2.24, 2.45) is 5.10 Å². The summed E-state index contributed by atoms with van der Waals surface area (Å²) < 4.78 is 1.79. The topological polar surface area (TPSA) is 91.0 Å². The molecule has 1 N–H and O–H groups in total. The molecule has 2 aliphatic rings. The molecule has 0 saturated carbocycles. The number of hydrogen-bond donors (Lipinski definition) is 1. The van der Waals surface area contributed by atoms with Gasteiger partial charge in [-0.25, -0.2) is 9.48 Å². The first kappa shape index (κ1) is 31.0. The molecule has 0 radical (unpaired) electrons. The molecule has 46 heavy (non-hydrogen) atoms. The summed E-state index contributed by atoms with van der Waals surface area (Å²) in [6, 6.07) is 25.1. The molecule has 8 nitrogen and oxygen atoms in total. The van der Waals surface area contributed by atoms with Crippen LogP contribution in [-0.4, -0.2) is 45.6 Å². The van der Waals surface area contributed by atoms with Crippen LogP contribution in [0.4, 0.5) is 11.4 Å². The van der Waals surface area contributed by atoms with E-state index in [2.05, 4.69) is 35.1 Å². The maximum Gasteiger partial charge on any atom is 0.357 e. The molecule has 4 aromatic rings. The van der Waals surface area contributed by atoms with Crippen LogP contribution in [0.5, 0.6) is 0 Å². The van der Waals surface area contributed by atoms with E-state index in [1.165, 1.54) is 54.8 Å². The summed E-state index contributed by atoms with van der Waals surface area (Å²) in [6.45, 7) is 6.21. The number of aryl methyl sites for hydroxylation is 2.